The van der Waals surface area contributed by atoms with Crippen molar-refractivity contribution in [3.05, 3.63) is 113 Å². The number of hydrogen-bond donors (Lipinski definition) is 2. The summed E-state index contributed by atoms with van der Waals surface area (Å²) in [4.78, 5) is 0. The minimum atomic E-state index is -1.49. The lowest BCUT2D eigenvalue weighted by molar-refractivity contribution is 0.0768. The number of aliphatic hydroxyl groups is 2. The largest absolute Gasteiger partial charge is 0.376 e. The Morgan fingerprint density at radius 2 is 1.04 bits per heavy atom. The van der Waals surface area contributed by atoms with E-state index in [0.29, 0.717) is 42.1 Å². The van der Waals surface area contributed by atoms with E-state index < -0.39 is 11.2 Å². The molecule has 6 heteroatoms. The van der Waals surface area contributed by atoms with Gasteiger partial charge < -0.3 is 10.2 Å². The molecule has 0 spiro atoms. The lowest BCUT2D eigenvalue weighted by atomic mass is 9.66. The lowest BCUT2D eigenvalue weighted by Crippen LogP contribution is -2.43. The topological polar surface area (TPSA) is 40.5 Å². The van der Waals surface area contributed by atoms with Crippen LogP contribution in [0, 0.1) is 0 Å². The predicted octanol–water partition coefficient (Wildman–Crippen LogP) is 6.00. The van der Waals surface area contributed by atoms with E-state index in [-0.39, 0.29) is 0 Å². The van der Waals surface area contributed by atoms with Gasteiger partial charge in [-0.2, -0.15) is 11.3 Å². The number of benzene rings is 2. The number of fused-ring (bicyclic) bond motifs is 2. The molecule has 1 aliphatic carbocycles. The molecule has 2 N–H and O–H groups in total. The smallest absolute Gasteiger partial charge is 0.144 e. The van der Waals surface area contributed by atoms with Crippen molar-refractivity contribution >= 4 is 45.9 Å². The Balaban J connectivity index is 1.93. The van der Waals surface area contributed by atoms with E-state index in [4.69, 9.17) is 23.2 Å². The highest BCUT2D eigenvalue weighted by atomic mass is 35.5. The third-order valence-corrected chi connectivity index (χ3v) is 7.72. The molecule has 0 bridgehead atoms. The third-order valence-electron chi connectivity index (χ3n) is 5.37. The van der Waals surface area contributed by atoms with Crippen molar-refractivity contribution in [3.63, 3.8) is 0 Å². The van der Waals surface area contributed by atoms with E-state index in [0.717, 1.165) is 0 Å². The van der Waals surface area contributed by atoms with Gasteiger partial charge >= 0.3 is 0 Å². The lowest BCUT2D eigenvalue weighted by Gasteiger charge is -2.42. The molecule has 2 atom stereocenters. The summed E-state index contributed by atoms with van der Waals surface area (Å²) in [5, 5.41) is 27.9. The van der Waals surface area contributed by atoms with Gasteiger partial charge in [0.15, 0.2) is 0 Å². The van der Waals surface area contributed by atoms with Crippen molar-refractivity contribution in [2.45, 2.75) is 11.2 Å². The SMILES string of the molecule is OC1(c2ccccc2)c2cscc2C(O)(c2ccccc2)c2c(Cl)sc(Cl)c21. The fourth-order valence-electron chi connectivity index (χ4n) is 4.11. The molecule has 2 unspecified atom stereocenters. The van der Waals surface area contributed by atoms with E-state index in [9.17, 15) is 10.2 Å². The fourth-order valence-corrected chi connectivity index (χ4v) is 6.95. The van der Waals surface area contributed by atoms with Gasteiger partial charge in [0.25, 0.3) is 0 Å². The zero-order valence-electron chi connectivity index (χ0n) is 14.4. The first-order chi connectivity index (χ1) is 13.5. The number of halogens is 2. The standard InChI is InChI=1S/C22H14Cl2O2S2/c23-19-17-18(20(24)28-19)22(26,14-9-5-2-6-10-14)16-12-27-11-15(16)21(17,25)13-7-3-1-4-8-13/h1-12,25-26H. The molecule has 2 aromatic heterocycles. The molecule has 140 valence electrons. The highest BCUT2D eigenvalue weighted by Crippen LogP contribution is 2.60. The van der Waals surface area contributed by atoms with Crippen molar-refractivity contribution in [3.8, 4) is 0 Å². The van der Waals surface area contributed by atoms with Gasteiger partial charge in [-0.05, 0) is 21.9 Å². The van der Waals surface area contributed by atoms with E-state index in [1.807, 2.05) is 71.4 Å². The molecule has 0 aliphatic heterocycles. The van der Waals surface area contributed by atoms with Crippen LogP contribution in [0.25, 0.3) is 0 Å². The zero-order chi connectivity index (χ0) is 19.5. The van der Waals surface area contributed by atoms with Crippen LogP contribution in [0.4, 0.5) is 0 Å². The predicted molar refractivity (Wildman–Crippen MR) is 116 cm³/mol. The maximum atomic E-state index is 12.1. The van der Waals surface area contributed by atoms with E-state index in [1.165, 1.54) is 22.7 Å². The van der Waals surface area contributed by atoms with Crippen LogP contribution in [0.2, 0.25) is 8.67 Å². The van der Waals surface area contributed by atoms with Crippen LogP contribution in [0.3, 0.4) is 0 Å². The Morgan fingerprint density at radius 3 is 1.43 bits per heavy atom. The van der Waals surface area contributed by atoms with Crippen molar-refractivity contribution in [1.82, 2.24) is 0 Å². The van der Waals surface area contributed by atoms with Gasteiger partial charge in [-0.15, -0.1) is 11.3 Å². The molecule has 0 fully saturated rings. The van der Waals surface area contributed by atoms with Crippen molar-refractivity contribution in [1.29, 1.82) is 0 Å². The average molecular weight is 445 g/mol. The van der Waals surface area contributed by atoms with Crippen LogP contribution in [0.1, 0.15) is 33.4 Å². The second-order valence-corrected chi connectivity index (χ2v) is 9.72. The van der Waals surface area contributed by atoms with Crippen LogP contribution in [-0.2, 0) is 11.2 Å². The molecule has 28 heavy (non-hydrogen) atoms. The van der Waals surface area contributed by atoms with E-state index in [2.05, 4.69) is 0 Å². The monoisotopic (exact) mass is 444 g/mol. The molecule has 1 aliphatic rings. The molecular formula is C22H14Cl2O2S2. The van der Waals surface area contributed by atoms with Gasteiger partial charge in [0.05, 0.1) is 0 Å². The molecule has 0 saturated heterocycles. The Bertz CT molecular complexity index is 1080. The second kappa shape index (κ2) is 6.42. The average Bonchev–Trinajstić information content (AvgIpc) is 3.33. The molecule has 4 aromatic rings. The molecule has 0 radical (unpaired) electrons. The fraction of sp³-hybridized carbons (Fsp3) is 0.0909. The van der Waals surface area contributed by atoms with Gasteiger partial charge in [-0.25, -0.2) is 0 Å². The van der Waals surface area contributed by atoms with Crippen LogP contribution in [0.5, 0.6) is 0 Å². The van der Waals surface area contributed by atoms with Crippen molar-refractivity contribution < 1.29 is 10.2 Å². The van der Waals surface area contributed by atoms with E-state index in [1.54, 1.807) is 0 Å². The quantitative estimate of drug-likeness (QED) is 0.398. The summed E-state index contributed by atoms with van der Waals surface area (Å²) in [6, 6.07) is 18.7. The molecule has 0 saturated carbocycles. The Kier molecular flexibility index (Phi) is 4.22. The minimum Gasteiger partial charge on any atom is -0.376 e. The van der Waals surface area contributed by atoms with Crippen molar-refractivity contribution in [2.24, 2.45) is 0 Å². The maximum Gasteiger partial charge on any atom is 0.144 e. The number of rotatable bonds is 2. The number of thiophene rings is 2. The molecule has 2 nitrogen and oxygen atoms in total. The van der Waals surface area contributed by atoms with Gasteiger partial charge in [0.2, 0.25) is 0 Å². The summed E-state index contributed by atoms with van der Waals surface area (Å²) < 4.78 is 0.745. The number of hydrogen-bond acceptors (Lipinski definition) is 4. The highest BCUT2D eigenvalue weighted by molar-refractivity contribution is 7.20. The van der Waals surface area contributed by atoms with Crippen molar-refractivity contribution in [2.75, 3.05) is 0 Å². The summed E-state index contributed by atoms with van der Waals surface area (Å²) in [6.07, 6.45) is 0. The van der Waals surface area contributed by atoms with Crippen LogP contribution in [0.15, 0.2) is 71.4 Å². The minimum absolute atomic E-state index is 0.373. The summed E-state index contributed by atoms with van der Waals surface area (Å²) in [5.41, 5.74) is 0.532. The van der Waals surface area contributed by atoms with E-state index >= 15 is 0 Å². The normalized spacial score (nSPS) is 23.3. The maximum absolute atomic E-state index is 12.1. The summed E-state index contributed by atoms with van der Waals surface area (Å²) in [6.45, 7) is 0. The summed E-state index contributed by atoms with van der Waals surface area (Å²) in [7, 11) is 0. The Labute approximate surface area is 180 Å². The Morgan fingerprint density at radius 1 is 0.643 bits per heavy atom. The first-order valence-electron chi connectivity index (χ1n) is 8.60. The summed E-state index contributed by atoms with van der Waals surface area (Å²) >= 11 is 15.8. The molecular weight excluding hydrogens is 431 g/mol. The first kappa shape index (κ1) is 18.4. The third kappa shape index (κ3) is 2.28. The van der Waals surface area contributed by atoms with Crippen LogP contribution < -0.4 is 0 Å². The van der Waals surface area contributed by atoms with Gasteiger partial charge in [0.1, 0.15) is 19.9 Å². The molecule has 0 amide bonds. The molecule has 2 heterocycles. The van der Waals surface area contributed by atoms with Crippen LogP contribution in [-0.4, -0.2) is 10.2 Å². The second-order valence-electron chi connectivity index (χ2n) is 6.75. The van der Waals surface area contributed by atoms with Gasteiger partial charge in [-0.1, -0.05) is 83.9 Å². The Hall–Kier alpha value is -1.66. The first-order valence-corrected chi connectivity index (χ1v) is 11.1. The van der Waals surface area contributed by atoms with Crippen LogP contribution >= 0.6 is 45.9 Å². The van der Waals surface area contributed by atoms with Gasteiger partial charge in [-0.3, -0.25) is 0 Å². The summed E-state index contributed by atoms with van der Waals surface area (Å²) in [5.74, 6) is 0. The molecule has 2 aromatic carbocycles. The van der Waals surface area contributed by atoms with Gasteiger partial charge in [0, 0.05) is 22.3 Å². The molecule has 5 rings (SSSR count). The zero-order valence-corrected chi connectivity index (χ0v) is 17.5. The highest BCUT2D eigenvalue weighted by Gasteiger charge is 2.54.